The van der Waals surface area contributed by atoms with E-state index in [-0.39, 0.29) is 23.3 Å². The Morgan fingerprint density at radius 2 is 2.17 bits per heavy atom. The highest BCUT2D eigenvalue weighted by atomic mass is 32.2. The van der Waals surface area contributed by atoms with Gasteiger partial charge in [-0.25, -0.2) is 8.42 Å². The molecule has 0 aliphatic carbocycles. The number of piperidine rings is 1. The number of hydrogen-bond acceptors (Lipinski definition) is 6. The summed E-state index contributed by atoms with van der Waals surface area (Å²) in [6, 6.07) is 0. The molecule has 2 aliphatic rings. The Morgan fingerprint density at radius 3 is 2.83 bits per heavy atom. The second kappa shape index (κ2) is 4.62. The Balaban J connectivity index is 1.73. The molecular weight excluding hydrogens is 254 g/mol. The first-order chi connectivity index (χ1) is 8.64. The summed E-state index contributed by atoms with van der Waals surface area (Å²) in [5, 5.41) is 7.26. The monoisotopic (exact) mass is 271 g/mol. The van der Waals surface area contributed by atoms with E-state index in [4.69, 9.17) is 4.52 Å². The maximum absolute atomic E-state index is 11.4. The predicted molar refractivity (Wildman–Crippen MR) is 65.2 cm³/mol. The number of sulfone groups is 1. The summed E-state index contributed by atoms with van der Waals surface area (Å²) in [4.78, 5) is 4.40. The first-order valence-corrected chi connectivity index (χ1v) is 8.21. The molecule has 2 atom stereocenters. The van der Waals surface area contributed by atoms with E-state index in [2.05, 4.69) is 15.5 Å². The zero-order chi connectivity index (χ0) is 12.6. The molecule has 0 bridgehead atoms. The van der Waals surface area contributed by atoms with Crippen LogP contribution in [0.1, 0.15) is 42.8 Å². The lowest BCUT2D eigenvalue weighted by atomic mass is 10.00. The molecule has 0 saturated carbocycles. The topological polar surface area (TPSA) is 85.1 Å². The lowest BCUT2D eigenvalue weighted by Gasteiger charge is -2.18. The fraction of sp³-hybridized carbons (Fsp3) is 0.818. The fourth-order valence-corrected chi connectivity index (χ4v) is 4.38. The van der Waals surface area contributed by atoms with Crippen LogP contribution in [-0.2, 0) is 9.84 Å². The molecule has 2 fully saturated rings. The Kier molecular flexibility index (Phi) is 3.11. The molecule has 0 radical (unpaired) electrons. The molecule has 7 heteroatoms. The van der Waals surface area contributed by atoms with Gasteiger partial charge in [0.1, 0.15) is 0 Å². The molecule has 6 nitrogen and oxygen atoms in total. The summed E-state index contributed by atoms with van der Waals surface area (Å²) >= 11 is 0. The molecule has 18 heavy (non-hydrogen) atoms. The SMILES string of the molecule is O=S1(=O)CCC(c2noc(C3CCCNC3)n2)C1. The van der Waals surface area contributed by atoms with Gasteiger partial charge < -0.3 is 9.84 Å². The second-order valence-electron chi connectivity index (χ2n) is 5.13. The van der Waals surface area contributed by atoms with Crippen molar-refractivity contribution in [1.82, 2.24) is 15.5 Å². The van der Waals surface area contributed by atoms with Crippen molar-refractivity contribution in [2.75, 3.05) is 24.6 Å². The van der Waals surface area contributed by atoms with Gasteiger partial charge >= 0.3 is 0 Å². The summed E-state index contributed by atoms with van der Waals surface area (Å²) < 4.78 is 28.1. The number of nitrogens with zero attached hydrogens (tertiary/aromatic N) is 2. The molecule has 3 heterocycles. The van der Waals surface area contributed by atoms with Gasteiger partial charge in [0.25, 0.3) is 0 Å². The van der Waals surface area contributed by atoms with Crippen molar-refractivity contribution in [3.63, 3.8) is 0 Å². The van der Waals surface area contributed by atoms with Gasteiger partial charge in [0, 0.05) is 12.5 Å². The molecule has 2 aliphatic heterocycles. The van der Waals surface area contributed by atoms with Crippen molar-refractivity contribution >= 4 is 9.84 Å². The molecule has 1 N–H and O–H groups in total. The average Bonchev–Trinajstić information content (AvgIpc) is 2.96. The molecule has 100 valence electrons. The molecular formula is C11H17N3O3S. The number of rotatable bonds is 2. The van der Waals surface area contributed by atoms with Gasteiger partial charge in [-0.05, 0) is 25.8 Å². The molecule has 0 amide bonds. The first-order valence-electron chi connectivity index (χ1n) is 6.39. The Bertz CT molecular complexity index is 519. The largest absolute Gasteiger partial charge is 0.339 e. The van der Waals surface area contributed by atoms with E-state index < -0.39 is 9.84 Å². The van der Waals surface area contributed by atoms with E-state index in [0.29, 0.717) is 18.1 Å². The zero-order valence-electron chi connectivity index (χ0n) is 10.1. The van der Waals surface area contributed by atoms with Crippen molar-refractivity contribution in [3.05, 3.63) is 11.7 Å². The number of hydrogen-bond donors (Lipinski definition) is 1. The summed E-state index contributed by atoms with van der Waals surface area (Å²) in [6.45, 7) is 1.91. The third-order valence-corrected chi connectivity index (χ3v) is 5.47. The maximum Gasteiger partial charge on any atom is 0.231 e. The van der Waals surface area contributed by atoms with E-state index in [1.54, 1.807) is 0 Å². The van der Waals surface area contributed by atoms with Gasteiger partial charge in [0.2, 0.25) is 5.89 Å². The second-order valence-corrected chi connectivity index (χ2v) is 7.36. The van der Waals surface area contributed by atoms with Gasteiger partial charge in [-0.2, -0.15) is 4.98 Å². The number of aromatic nitrogens is 2. The molecule has 3 rings (SSSR count). The molecule has 0 aromatic carbocycles. The van der Waals surface area contributed by atoms with Crippen LogP contribution in [0.25, 0.3) is 0 Å². The third kappa shape index (κ3) is 2.42. The van der Waals surface area contributed by atoms with Crippen LogP contribution in [0.3, 0.4) is 0 Å². The van der Waals surface area contributed by atoms with Gasteiger partial charge in [0.05, 0.1) is 17.4 Å². The van der Waals surface area contributed by atoms with Crippen LogP contribution in [0.4, 0.5) is 0 Å². The van der Waals surface area contributed by atoms with Crippen LogP contribution in [0.15, 0.2) is 4.52 Å². The highest BCUT2D eigenvalue weighted by Crippen LogP contribution is 2.29. The zero-order valence-corrected chi connectivity index (χ0v) is 10.9. The van der Waals surface area contributed by atoms with E-state index >= 15 is 0 Å². The highest BCUT2D eigenvalue weighted by molar-refractivity contribution is 7.91. The van der Waals surface area contributed by atoms with Gasteiger partial charge in [-0.1, -0.05) is 5.16 Å². The lowest BCUT2D eigenvalue weighted by molar-refractivity contribution is 0.319. The molecule has 2 saturated heterocycles. The van der Waals surface area contributed by atoms with Gasteiger partial charge in [0.15, 0.2) is 15.7 Å². The Hall–Kier alpha value is -0.950. The van der Waals surface area contributed by atoms with Gasteiger partial charge in [-0.3, -0.25) is 0 Å². The van der Waals surface area contributed by atoms with Crippen LogP contribution >= 0.6 is 0 Å². The maximum atomic E-state index is 11.4. The van der Waals surface area contributed by atoms with Crippen molar-refractivity contribution in [2.45, 2.75) is 31.1 Å². The molecule has 2 unspecified atom stereocenters. The van der Waals surface area contributed by atoms with Gasteiger partial charge in [-0.15, -0.1) is 0 Å². The highest BCUT2D eigenvalue weighted by Gasteiger charge is 2.33. The Labute approximate surface area is 106 Å². The van der Waals surface area contributed by atoms with Crippen LogP contribution in [0.2, 0.25) is 0 Å². The summed E-state index contributed by atoms with van der Waals surface area (Å²) in [5.74, 6) is 1.82. The minimum Gasteiger partial charge on any atom is -0.339 e. The Morgan fingerprint density at radius 1 is 1.28 bits per heavy atom. The summed E-state index contributed by atoms with van der Waals surface area (Å²) in [5.41, 5.74) is 0. The predicted octanol–water partition coefficient (Wildman–Crippen LogP) is 0.439. The van der Waals surface area contributed by atoms with Crippen LogP contribution in [0, 0.1) is 0 Å². The summed E-state index contributed by atoms with van der Waals surface area (Å²) in [6.07, 6.45) is 2.78. The third-order valence-electron chi connectivity index (χ3n) is 3.70. The smallest absolute Gasteiger partial charge is 0.231 e. The van der Waals surface area contributed by atoms with Crippen LogP contribution in [-0.4, -0.2) is 43.2 Å². The molecule has 1 aromatic rings. The lowest BCUT2D eigenvalue weighted by Crippen LogP contribution is -2.28. The summed E-state index contributed by atoms with van der Waals surface area (Å²) in [7, 11) is -2.89. The van der Waals surface area contributed by atoms with E-state index in [9.17, 15) is 8.42 Å². The average molecular weight is 271 g/mol. The van der Waals surface area contributed by atoms with E-state index in [1.165, 1.54) is 0 Å². The standard InChI is InChI=1S/C11H17N3O3S/c15-18(16)5-3-9(7-18)10-13-11(17-14-10)8-2-1-4-12-6-8/h8-9,12H,1-7H2. The quantitative estimate of drug-likeness (QED) is 0.840. The fourth-order valence-electron chi connectivity index (χ4n) is 2.64. The van der Waals surface area contributed by atoms with Crippen molar-refractivity contribution in [2.24, 2.45) is 0 Å². The normalized spacial score (nSPS) is 31.6. The van der Waals surface area contributed by atoms with Crippen molar-refractivity contribution in [3.8, 4) is 0 Å². The van der Waals surface area contributed by atoms with E-state index in [1.807, 2.05) is 0 Å². The van der Waals surface area contributed by atoms with Crippen molar-refractivity contribution in [1.29, 1.82) is 0 Å². The first kappa shape index (κ1) is 12.1. The van der Waals surface area contributed by atoms with Crippen LogP contribution < -0.4 is 5.32 Å². The van der Waals surface area contributed by atoms with Crippen molar-refractivity contribution < 1.29 is 12.9 Å². The number of nitrogens with one attached hydrogen (secondary N) is 1. The van der Waals surface area contributed by atoms with E-state index in [0.717, 1.165) is 25.9 Å². The molecule has 1 aromatic heterocycles. The minimum absolute atomic E-state index is 0.0796. The molecule has 0 spiro atoms. The minimum atomic E-state index is -2.89. The van der Waals surface area contributed by atoms with Crippen LogP contribution in [0.5, 0.6) is 0 Å².